The van der Waals surface area contributed by atoms with Gasteiger partial charge in [-0.15, -0.1) is 10.2 Å². The number of ether oxygens (including phenoxy) is 1. The van der Waals surface area contributed by atoms with Crippen molar-refractivity contribution in [3.05, 3.63) is 37.3 Å². The van der Waals surface area contributed by atoms with E-state index >= 15 is 0 Å². The van der Waals surface area contributed by atoms with Crippen LogP contribution in [0.25, 0.3) is 0 Å². The van der Waals surface area contributed by atoms with Crippen LogP contribution in [0.1, 0.15) is 10.6 Å². The summed E-state index contributed by atoms with van der Waals surface area (Å²) >= 11 is 4.43. The standard InChI is InChI=1S/C10H10BrN5O3S/c1-5-2-6(11)3-7(16(17)18)9(5)19-4-8-14-15-10(13-12)20-8/h2-3H,4,12H2,1H3,(H,13,15). The van der Waals surface area contributed by atoms with E-state index in [9.17, 15) is 10.1 Å². The summed E-state index contributed by atoms with van der Waals surface area (Å²) in [6, 6.07) is 3.14. The Bertz CT molecular complexity index is 648. The molecule has 0 spiro atoms. The van der Waals surface area contributed by atoms with Gasteiger partial charge in [0.2, 0.25) is 10.9 Å². The number of nitrogens with two attached hydrogens (primary N) is 1. The van der Waals surface area contributed by atoms with Crippen LogP contribution < -0.4 is 16.0 Å². The van der Waals surface area contributed by atoms with Gasteiger partial charge in [-0.2, -0.15) is 0 Å². The summed E-state index contributed by atoms with van der Waals surface area (Å²) in [7, 11) is 0. The normalized spacial score (nSPS) is 10.3. The molecule has 3 N–H and O–H groups in total. The molecule has 0 radical (unpaired) electrons. The lowest BCUT2D eigenvalue weighted by Gasteiger charge is -2.08. The largest absolute Gasteiger partial charge is 0.479 e. The molecular weight excluding hydrogens is 350 g/mol. The zero-order valence-corrected chi connectivity index (χ0v) is 12.7. The molecule has 20 heavy (non-hydrogen) atoms. The Balaban J connectivity index is 2.22. The van der Waals surface area contributed by atoms with E-state index in [1.165, 1.54) is 17.4 Å². The zero-order chi connectivity index (χ0) is 14.7. The second kappa shape index (κ2) is 6.11. The molecule has 0 aliphatic carbocycles. The number of nitrogens with zero attached hydrogens (tertiary/aromatic N) is 3. The van der Waals surface area contributed by atoms with E-state index in [1.54, 1.807) is 13.0 Å². The van der Waals surface area contributed by atoms with Crippen LogP contribution in [0.3, 0.4) is 0 Å². The number of halogens is 1. The highest BCUT2D eigenvalue weighted by Crippen LogP contribution is 2.34. The Hall–Kier alpha value is -1.78. The smallest absolute Gasteiger partial charge is 0.312 e. The molecule has 1 aromatic heterocycles. The third-order valence-corrected chi connectivity index (χ3v) is 3.63. The number of hydrogen-bond acceptors (Lipinski definition) is 8. The molecule has 0 amide bonds. The summed E-state index contributed by atoms with van der Waals surface area (Å²) in [4.78, 5) is 10.6. The highest BCUT2D eigenvalue weighted by molar-refractivity contribution is 9.10. The Labute approximate surface area is 126 Å². The minimum atomic E-state index is -0.486. The molecule has 0 saturated heterocycles. The van der Waals surface area contributed by atoms with Crippen molar-refractivity contribution in [2.75, 3.05) is 5.43 Å². The fourth-order valence-corrected chi connectivity index (χ4v) is 2.66. The summed E-state index contributed by atoms with van der Waals surface area (Å²) in [6.45, 7) is 1.82. The maximum Gasteiger partial charge on any atom is 0.312 e. The zero-order valence-electron chi connectivity index (χ0n) is 10.3. The minimum Gasteiger partial charge on any atom is -0.479 e. The molecule has 0 aliphatic rings. The van der Waals surface area contributed by atoms with E-state index in [0.717, 1.165) is 0 Å². The second-order valence-corrected chi connectivity index (χ2v) is 5.74. The predicted molar refractivity (Wildman–Crippen MR) is 77.6 cm³/mol. The van der Waals surface area contributed by atoms with Gasteiger partial charge in [0.1, 0.15) is 6.61 Å². The van der Waals surface area contributed by atoms with Crippen molar-refractivity contribution in [1.29, 1.82) is 0 Å². The van der Waals surface area contributed by atoms with Crippen molar-refractivity contribution in [1.82, 2.24) is 10.2 Å². The van der Waals surface area contributed by atoms with Crippen molar-refractivity contribution < 1.29 is 9.66 Å². The first-order chi connectivity index (χ1) is 9.51. The summed E-state index contributed by atoms with van der Waals surface area (Å²) in [6.07, 6.45) is 0. The number of rotatable bonds is 5. The number of nitro benzene ring substituents is 1. The van der Waals surface area contributed by atoms with Gasteiger partial charge in [-0.1, -0.05) is 27.3 Å². The highest BCUT2D eigenvalue weighted by Gasteiger charge is 2.19. The maximum atomic E-state index is 11.0. The molecule has 0 saturated carbocycles. The van der Waals surface area contributed by atoms with Crippen LogP contribution in [0.2, 0.25) is 0 Å². The van der Waals surface area contributed by atoms with Gasteiger partial charge in [0, 0.05) is 10.5 Å². The molecule has 0 atom stereocenters. The summed E-state index contributed by atoms with van der Waals surface area (Å²) < 4.78 is 6.13. The van der Waals surface area contributed by atoms with Gasteiger partial charge in [-0.3, -0.25) is 15.5 Å². The molecule has 2 rings (SSSR count). The molecule has 106 valence electrons. The SMILES string of the molecule is Cc1cc(Br)cc([N+](=O)[O-])c1OCc1nnc(NN)s1. The van der Waals surface area contributed by atoms with Crippen LogP contribution in [0, 0.1) is 17.0 Å². The number of aryl methyl sites for hydroxylation is 1. The number of hydrogen-bond donors (Lipinski definition) is 2. The van der Waals surface area contributed by atoms with E-state index in [-0.39, 0.29) is 18.0 Å². The average molecular weight is 360 g/mol. The number of aromatic nitrogens is 2. The van der Waals surface area contributed by atoms with Crippen LogP contribution in [-0.4, -0.2) is 15.1 Å². The fraction of sp³-hybridized carbons (Fsp3) is 0.200. The van der Waals surface area contributed by atoms with Gasteiger partial charge < -0.3 is 4.74 Å². The summed E-state index contributed by atoms with van der Waals surface area (Å²) in [5.74, 6) is 5.42. The fourth-order valence-electron chi connectivity index (χ4n) is 1.54. The topological polar surface area (TPSA) is 116 Å². The molecule has 1 aromatic carbocycles. The summed E-state index contributed by atoms with van der Waals surface area (Å²) in [5, 5.41) is 19.7. The van der Waals surface area contributed by atoms with Gasteiger partial charge in [0.15, 0.2) is 5.01 Å². The third kappa shape index (κ3) is 3.21. The van der Waals surface area contributed by atoms with E-state index in [1.807, 2.05) is 0 Å². The van der Waals surface area contributed by atoms with Crippen LogP contribution >= 0.6 is 27.3 Å². The second-order valence-electron chi connectivity index (χ2n) is 3.76. The quantitative estimate of drug-likeness (QED) is 0.478. The average Bonchev–Trinajstić information content (AvgIpc) is 2.84. The molecule has 2 aromatic rings. The van der Waals surface area contributed by atoms with Crippen molar-refractivity contribution in [2.24, 2.45) is 5.84 Å². The maximum absolute atomic E-state index is 11.0. The Kier molecular flexibility index (Phi) is 4.47. The number of nitrogen functional groups attached to an aromatic ring is 1. The number of hydrazine groups is 1. The minimum absolute atomic E-state index is 0.0860. The molecule has 1 heterocycles. The van der Waals surface area contributed by atoms with Gasteiger partial charge in [0.25, 0.3) is 0 Å². The molecule has 0 fully saturated rings. The predicted octanol–water partition coefficient (Wildman–Crippen LogP) is 2.38. The van der Waals surface area contributed by atoms with Crippen LogP contribution in [0.15, 0.2) is 16.6 Å². The lowest BCUT2D eigenvalue weighted by molar-refractivity contribution is -0.386. The van der Waals surface area contributed by atoms with E-state index in [4.69, 9.17) is 10.6 Å². The van der Waals surface area contributed by atoms with Gasteiger partial charge in [0.05, 0.1) is 4.92 Å². The van der Waals surface area contributed by atoms with Crippen molar-refractivity contribution in [3.8, 4) is 5.75 Å². The lowest BCUT2D eigenvalue weighted by Crippen LogP contribution is -2.05. The van der Waals surface area contributed by atoms with Crippen molar-refractivity contribution >= 4 is 38.1 Å². The molecule has 0 unspecified atom stereocenters. The molecule has 10 heteroatoms. The van der Waals surface area contributed by atoms with Crippen LogP contribution in [-0.2, 0) is 6.61 Å². The Morgan fingerprint density at radius 3 is 2.90 bits per heavy atom. The third-order valence-electron chi connectivity index (χ3n) is 2.35. The molecule has 8 nitrogen and oxygen atoms in total. The first-order valence-corrected chi connectivity index (χ1v) is 6.98. The number of benzene rings is 1. The highest BCUT2D eigenvalue weighted by atomic mass is 79.9. The number of nitrogens with one attached hydrogen (secondary N) is 1. The molecular formula is C10H10BrN5O3S. The number of anilines is 1. The van der Waals surface area contributed by atoms with Gasteiger partial charge in [-0.05, 0) is 18.6 Å². The first-order valence-electron chi connectivity index (χ1n) is 5.37. The van der Waals surface area contributed by atoms with E-state index in [2.05, 4.69) is 31.6 Å². The number of nitro groups is 1. The van der Waals surface area contributed by atoms with Crippen LogP contribution in [0.4, 0.5) is 10.8 Å². The molecule has 0 aliphatic heterocycles. The van der Waals surface area contributed by atoms with Gasteiger partial charge >= 0.3 is 5.69 Å². The van der Waals surface area contributed by atoms with E-state index in [0.29, 0.717) is 20.2 Å². The lowest BCUT2D eigenvalue weighted by atomic mass is 10.2. The van der Waals surface area contributed by atoms with E-state index < -0.39 is 4.92 Å². The molecule has 0 bridgehead atoms. The Morgan fingerprint density at radius 1 is 1.55 bits per heavy atom. The van der Waals surface area contributed by atoms with Gasteiger partial charge in [-0.25, -0.2) is 5.84 Å². The first kappa shape index (κ1) is 14.6. The van der Waals surface area contributed by atoms with Crippen LogP contribution in [0.5, 0.6) is 5.75 Å². The van der Waals surface area contributed by atoms with Crippen molar-refractivity contribution in [2.45, 2.75) is 13.5 Å². The Morgan fingerprint density at radius 2 is 2.30 bits per heavy atom. The monoisotopic (exact) mass is 359 g/mol. The summed E-state index contributed by atoms with van der Waals surface area (Å²) in [5.41, 5.74) is 2.93. The van der Waals surface area contributed by atoms with Crippen molar-refractivity contribution in [3.63, 3.8) is 0 Å².